The van der Waals surface area contributed by atoms with Crippen LogP contribution in [0.4, 0.5) is 5.69 Å². The molecule has 0 radical (unpaired) electrons. The number of carboxylic acid groups (broad SMARTS) is 1. The van der Waals surface area contributed by atoms with Gasteiger partial charge in [-0.05, 0) is 74.5 Å². The molecule has 0 heterocycles. The number of nitrogens with two attached hydrogens (primary N) is 1. The molecule has 0 saturated heterocycles. The summed E-state index contributed by atoms with van der Waals surface area (Å²) in [6, 6.07) is 7.43. The number of nitrogens with one attached hydrogen (secondary N) is 1. The number of unbranched alkanes of at least 4 members (excludes halogenated alkanes) is 4. The molecule has 41 heavy (non-hydrogen) atoms. The average molecular weight is 590 g/mol. The maximum atomic E-state index is 13.2. The fraction of sp³-hybridized carbons (Fsp3) is 0.667. The molecule has 0 bridgehead atoms. The highest BCUT2D eigenvalue weighted by atomic mass is 32.2. The number of aliphatic hydroxyl groups is 1. The van der Waals surface area contributed by atoms with Gasteiger partial charge in [0.25, 0.3) is 0 Å². The summed E-state index contributed by atoms with van der Waals surface area (Å²) in [5.41, 5.74) is 6.65. The van der Waals surface area contributed by atoms with E-state index >= 15 is 0 Å². The molecule has 3 atom stereocenters. The van der Waals surface area contributed by atoms with Crippen molar-refractivity contribution in [2.45, 2.75) is 118 Å². The van der Waals surface area contributed by atoms with Crippen molar-refractivity contribution in [1.29, 1.82) is 5.41 Å². The van der Waals surface area contributed by atoms with E-state index < -0.39 is 17.5 Å². The number of benzene rings is 1. The summed E-state index contributed by atoms with van der Waals surface area (Å²) in [4.78, 5) is 26.9. The van der Waals surface area contributed by atoms with E-state index in [1.54, 1.807) is 19.3 Å². The van der Waals surface area contributed by atoms with Crippen molar-refractivity contribution in [2.24, 2.45) is 17.3 Å². The van der Waals surface area contributed by atoms with Gasteiger partial charge >= 0.3 is 5.97 Å². The van der Waals surface area contributed by atoms with Crippen LogP contribution >= 0.6 is 11.8 Å². The van der Waals surface area contributed by atoms with Crippen LogP contribution in [-0.2, 0) is 16.0 Å². The normalized spacial score (nSPS) is 14.2. The highest BCUT2D eigenvalue weighted by Gasteiger charge is 2.31. The maximum absolute atomic E-state index is 13.2. The van der Waals surface area contributed by atoms with E-state index in [0.29, 0.717) is 37.9 Å². The Bertz CT molecular complexity index is 962. The number of rotatable bonds is 20. The van der Waals surface area contributed by atoms with Crippen LogP contribution in [0.3, 0.4) is 0 Å². The maximum Gasteiger partial charge on any atom is 0.309 e. The summed E-state index contributed by atoms with van der Waals surface area (Å²) in [5.74, 6) is -0.631. The Kier molecular flexibility index (Phi) is 17.0. The second-order valence-corrected chi connectivity index (χ2v) is 13.2. The largest absolute Gasteiger partial charge is 0.481 e. The van der Waals surface area contributed by atoms with Crippen LogP contribution in [0.25, 0.3) is 0 Å². The summed E-state index contributed by atoms with van der Waals surface area (Å²) < 4.78 is 0. The Morgan fingerprint density at radius 3 is 2.27 bits per heavy atom. The zero-order chi connectivity index (χ0) is 31.0. The number of amides is 1. The fourth-order valence-corrected chi connectivity index (χ4v) is 5.66. The third kappa shape index (κ3) is 13.9. The minimum atomic E-state index is -0.986. The predicted octanol–water partition coefficient (Wildman–Crippen LogP) is 7.53. The second-order valence-electron chi connectivity index (χ2n) is 12.2. The molecular formula is C33H55N3O4S. The number of nitrogens with zero attached hydrogens (tertiary/aromatic N) is 1. The topological polar surface area (TPSA) is 128 Å². The van der Waals surface area contributed by atoms with E-state index in [0.717, 1.165) is 55.9 Å². The predicted molar refractivity (Wildman–Crippen MR) is 173 cm³/mol. The highest BCUT2D eigenvalue weighted by molar-refractivity contribution is 8.16. The van der Waals surface area contributed by atoms with Gasteiger partial charge in [-0.3, -0.25) is 15.0 Å². The molecule has 1 aromatic carbocycles. The van der Waals surface area contributed by atoms with E-state index in [1.165, 1.54) is 0 Å². The van der Waals surface area contributed by atoms with Crippen LogP contribution in [0.15, 0.2) is 35.7 Å². The Balaban J connectivity index is 2.96. The summed E-state index contributed by atoms with van der Waals surface area (Å²) >= 11 is 1.15. The van der Waals surface area contributed by atoms with Gasteiger partial charge < -0.3 is 20.8 Å². The number of hydrogen-bond donors (Lipinski definition) is 4. The number of nitrogen functional groups attached to an aromatic ring is 1. The molecule has 0 aliphatic rings. The van der Waals surface area contributed by atoms with Crippen LogP contribution in [0, 0.1) is 22.7 Å². The summed E-state index contributed by atoms with van der Waals surface area (Å²) in [6.07, 6.45) is 8.98. The van der Waals surface area contributed by atoms with Crippen LogP contribution in [-0.4, -0.2) is 50.7 Å². The van der Waals surface area contributed by atoms with Crippen molar-refractivity contribution in [2.75, 3.05) is 12.3 Å². The lowest BCUT2D eigenvalue weighted by Crippen LogP contribution is -2.46. The molecule has 1 aromatic rings. The number of anilines is 1. The number of carbonyl (C=O) groups excluding carboxylic acids is 1. The van der Waals surface area contributed by atoms with E-state index in [1.807, 2.05) is 35.2 Å². The van der Waals surface area contributed by atoms with Crippen molar-refractivity contribution >= 4 is 34.4 Å². The lowest BCUT2D eigenvalue weighted by Gasteiger charge is -2.36. The van der Waals surface area contributed by atoms with E-state index in [-0.39, 0.29) is 28.8 Å². The lowest BCUT2D eigenvalue weighted by atomic mass is 9.80. The van der Waals surface area contributed by atoms with Crippen LogP contribution < -0.4 is 5.73 Å². The first-order chi connectivity index (χ1) is 19.3. The second kappa shape index (κ2) is 19.0. The van der Waals surface area contributed by atoms with E-state index in [9.17, 15) is 19.8 Å². The van der Waals surface area contributed by atoms with Gasteiger partial charge in [0, 0.05) is 31.1 Å². The molecule has 0 saturated carbocycles. The van der Waals surface area contributed by atoms with Gasteiger partial charge in [-0.25, -0.2) is 0 Å². The van der Waals surface area contributed by atoms with Crippen molar-refractivity contribution in [3.8, 4) is 0 Å². The fourth-order valence-electron chi connectivity index (χ4n) is 4.96. The van der Waals surface area contributed by atoms with Crippen molar-refractivity contribution in [1.82, 2.24) is 4.90 Å². The minimum Gasteiger partial charge on any atom is -0.481 e. The molecule has 7 nitrogen and oxygen atoms in total. The smallest absolute Gasteiger partial charge is 0.309 e. The average Bonchev–Trinajstić information content (AvgIpc) is 2.91. The first-order valence-corrected chi connectivity index (χ1v) is 16.2. The van der Waals surface area contributed by atoms with Crippen LogP contribution in [0.1, 0.15) is 105 Å². The SMILES string of the molecule is CCCCCCN(C(=O)CCCC)C(CC(O)C(=N)S/C=C/C(Cc1ccc(N)cc1)CC(C)(C)C(=O)O)C(C)C. The zero-order valence-electron chi connectivity index (χ0n) is 26.2. The molecule has 232 valence electrons. The summed E-state index contributed by atoms with van der Waals surface area (Å²) in [5, 5.41) is 31.2. The number of thioether (sulfide) groups is 1. The number of carbonyl (C=O) groups is 2. The summed E-state index contributed by atoms with van der Waals surface area (Å²) in [7, 11) is 0. The molecule has 0 spiro atoms. The van der Waals surface area contributed by atoms with Gasteiger partial charge in [0.2, 0.25) is 5.91 Å². The molecule has 0 aliphatic carbocycles. The molecule has 5 N–H and O–H groups in total. The lowest BCUT2D eigenvalue weighted by molar-refractivity contribution is -0.147. The van der Waals surface area contributed by atoms with Gasteiger partial charge in [-0.2, -0.15) is 0 Å². The molecule has 0 fully saturated rings. The van der Waals surface area contributed by atoms with Crippen LogP contribution in [0.5, 0.6) is 0 Å². The molecule has 1 amide bonds. The Labute approximate surface area is 252 Å². The molecule has 0 aliphatic heterocycles. The molecule has 8 heteroatoms. The van der Waals surface area contributed by atoms with Crippen molar-refractivity contribution in [3.63, 3.8) is 0 Å². The van der Waals surface area contributed by atoms with Gasteiger partial charge in [0.15, 0.2) is 0 Å². The number of carboxylic acids is 1. The molecule has 1 rings (SSSR count). The van der Waals surface area contributed by atoms with Gasteiger partial charge in [-0.1, -0.05) is 83.3 Å². The first-order valence-electron chi connectivity index (χ1n) is 15.3. The number of aliphatic carboxylic acids is 1. The van der Waals surface area contributed by atoms with E-state index in [2.05, 4.69) is 27.7 Å². The van der Waals surface area contributed by atoms with Crippen molar-refractivity contribution < 1.29 is 19.8 Å². The van der Waals surface area contributed by atoms with Crippen molar-refractivity contribution in [3.05, 3.63) is 41.3 Å². The first kappa shape index (κ1) is 36.7. The summed E-state index contributed by atoms with van der Waals surface area (Å²) in [6.45, 7) is 12.5. The highest BCUT2D eigenvalue weighted by Crippen LogP contribution is 2.30. The molecule has 3 unspecified atom stereocenters. The number of hydrogen-bond acceptors (Lipinski definition) is 6. The Morgan fingerprint density at radius 1 is 1.07 bits per heavy atom. The Morgan fingerprint density at radius 2 is 1.71 bits per heavy atom. The Hall–Kier alpha value is -2.32. The third-order valence-corrected chi connectivity index (χ3v) is 8.45. The van der Waals surface area contributed by atoms with Gasteiger partial charge in [-0.15, -0.1) is 0 Å². The van der Waals surface area contributed by atoms with E-state index in [4.69, 9.17) is 11.1 Å². The molecular weight excluding hydrogens is 534 g/mol. The van der Waals surface area contributed by atoms with Crippen LogP contribution in [0.2, 0.25) is 0 Å². The number of allylic oxidation sites excluding steroid dienone is 1. The van der Waals surface area contributed by atoms with Gasteiger partial charge in [0.1, 0.15) is 6.10 Å². The minimum absolute atomic E-state index is 0.0691. The zero-order valence-corrected chi connectivity index (χ0v) is 27.0. The van der Waals surface area contributed by atoms with Gasteiger partial charge in [0.05, 0.1) is 10.5 Å². The monoisotopic (exact) mass is 589 g/mol. The third-order valence-electron chi connectivity index (χ3n) is 7.63. The molecule has 0 aromatic heterocycles. The quantitative estimate of drug-likeness (QED) is 0.0539. The number of aliphatic hydroxyl groups excluding tert-OH is 1. The standard InChI is InChI=1S/C33H55N3O4S/c1-7-9-11-12-19-36(30(38)13-10-8-2)28(24(3)4)22-29(37)31(35)41-20-18-26(23-33(5,6)32(39)40)21-25-14-16-27(34)17-15-25/h14-18,20,24,26,28-29,35,37H,7-13,19,21-23,34H2,1-6H3,(H,39,40)/b20-18+,35-31?.